The van der Waals surface area contributed by atoms with Gasteiger partial charge in [-0.15, -0.1) is 5.10 Å². The molecule has 1 atom stereocenters. The minimum Gasteiger partial charge on any atom is -0.444 e. The van der Waals surface area contributed by atoms with Crippen LogP contribution < -0.4 is 0 Å². The fraction of sp³-hybridized carbons (Fsp3) is 0.688. The smallest absolute Gasteiger partial charge is 0.208 e. The van der Waals surface area contributed by atoms with Crippen LogP contribution >= 0.6 is 0 Å². The number of piperidine rings is 1. The van der Waals surface area contributed by atoms with Crippen molar-refractivity contribution in [2.45, 2.75) is 58.7 Å². The zero-order valence-corrected chi connectivity index (χ0v) is 14.3. The second-order valence-electron chi connectivity index (χ2n) is 6.77. The molecule has 1 fully saturated rings. The molecule has 126 valence electrons. The third kappa shape index (κ3) is 3.30. The van der Waals surface area contributed by atoms with Crippen molar-refractivity contribution in [2.75, 3.05) is 13.1 Å². The van der Waals surface area contributed by atoms with Crippen LogP contribution in [-0.2, 0) is 12.1 Å². The second-order valence-corrected chi connectivity index (χ2v) is 6.77. The molecule has 3 rings (SSSR count). The number of nitrogens with zero attached hydrogens (tertiary/aromatic N) is 5. The molecule has 23 heavy (non-hydrogen) atoms. The first-order valence-corrected chi connectivity index (χ1v) is 8.17. The normalized spacial score (nSPS) is 22.9. The summed E-state index contributed by atoms with van der Waals surface area (Å²) in [5, 5.41) is 19.3. The van der Waals surface area contributed by atoms with Gasteiger partial charge >= 0.3 is 0 Å². The number of hydrogen-bond donors (Lipinski definition) is 1. The summed E-state index contributed by atoms with van der Waals surface area (Å²) in [6.07, 6.45) is 3.46. The highest BCUT2D eigenvalue weighted by Gasteiger charge is 2.38. The second kappa shape index (κ2) is 6.05. The molecule has 0 spiro atoms. The Balaban J connectivity index is 1.73. The molecule has 1 aliphatic rings. The van der Waals surface area contributed by atoms with E-state index in [0.29, 0.717) is 31.1 Å². The van der Waals surface area contributed by atoms with Crippen molar-refractivity contribution in [1.82, 2.24) is 24.9 Å². The van der Waals surface area contributed by atoms with E-state index in [0.717, 1.165) is 24.4 Å². The third-order valence-corrected chi connectivity index (χ3v) is 4.50. The zero-order valence-electron chi connectivity index (χ0n) is 14.3. The van der Waals surface area contributed by atoms with Gasteiger partial charge in [-0.2, -0.15) is 0 Å². The Morgan fingerprint density at radius 1 is 1.39 bits per heavy atom. The fourth-order valence-electron chi connectivity index (χ4n) is 3.01. The first-order chi connectivity index (χ1) is 10.9. The van der Waals surface area contributed by atoms with Gasteiger partial charge in [-0.1, -0.05) is 5.21 Å². The number of likely N-dealkylation sites (tertiary alicyclic amines) is 1. The van der Waals surface area contributed by atoms with Crippen LogP contribution in [0, 0.1) is 13.8 Å². The van der Waals surface area contributed by atoms with E-state index in [1.165, 1.54) is 0 Å². The van der Waals surface area contributed by atoms with Crippen LogP contribution in [0.1, 0.15) is 55.8 Å². The number of β-amino-alcohol motifs (C(OH)–C–C–N with tert-alkyl or cyclic N) is 1. The Bertz CT molecular complexity index is 658. The maximum absolute atomic E-state index is 11.0. The third-order valence-electron chi connectivity index (χ3n) is 4.50. The maximum atomic E-state index is 11.0. The summed E-state index contributed by atoms with van der Waals surface area (Å²) in [4.78, 5) is 6.60. The maximum Gasteiger partial charge on any atom is 0.208 e. The molecular formula is C16H25N5O2. The van der Waals surface area contributed by atoms with E-state index >= 15 is 0 Å². The predicted octanol–water partition coefficient (Wildman–Crippen LogP) is 1.95. The van der Waals surface area contributed by atoms with Crippen molar-refractivity contribution < 1.29 is 9.52 Å². The number of aliphatic hydroxyl groups is 1. The molecule has 3 heterocycles. The average molecular weight is 319 g/mol. The first kappa shape index (κ1) is 16.1. The molecule has 0 saturated carbocycles. The minimum absolute atomic E-state index is 0.234. The van der Waals surface area contributed by atoms with Crippen molar-refractivity contribution in [1.29, 1.82) is 0 Å². The Morgan fingerprint density at radius 2 is 2.17 bits per heavy atom. The van der Waals surface area contributed by atoms with Crippen LogP contribution in [0.25, 0.3) is 0 Å². The highest BCUT2D eigenvalue weighted by Crippen LogP contribution is 2.31. The highest BCUT2D eigenvalue weighted by atomic mass is 16.4. The average Bonchev–Trinajstić information content (AvgIpc) is 3.07. The van der Waals surface area contributed by atoms with E-state index in [1.54, 1.807) is 4.68 Å². The SMILES string of the molecule is Cc1nc(CN2CCC[C@@](O)(c3cn(C(C)C)nn3)C2)oc1C. The Hall–Kier alpha value is -1.73. The van der Waals surface area contributed by atoms with Gasteiger partial charge in [-0.05, 0) is 47.1 Å². The zero-order chi connectivity index (χ0) is 16.6. The van der Waals surface area contributed by atoms with Crippen LogP contribution in [0.5, 0.6) is 0 Å². The topological polar surface area (TPSA) is 80.2 Å². The molecule has 7 heteroatoms. The van der Waals surface area contributed by atoms with E-state index in [4.69, 9.17) is 4.42 Å². The Morgan fingerprint density at radius 3 is 2.78 bits per heavy atom. The summed E-state index contributed by atoms with van der Waals surface area (Å²) < 4.78 is 7.44. The molecule has 1 N–H and O–H groups in total. The molecule has 0 amide bonds. The van der Waals surface area contributed by atoms with Crippen molar-refractivity contribution >= 4 is 0 Å². The van der Waals surface area contributed by atoms with Crippen molar-refractivity contribution in [3.8, 4) is 0 Å². The quantitative estimate of drug-likeness (QED) is 0.928. The lowest BCUT2D eigenvalue weighted by Gasteiger charge is -2.37. The van der Waals surface area contributed by atoms with Crippen LogP contribution in [0.2, 0.25) is 0 Å². The number of aryl methyl sites for hydroxylation is 2. The van der Waals surface area contributed by atoms with Gasteiger partial charge in [0.1, 0.15) is 17.1 Å². The van der Waals surface area contributed by atoms with E-state index < -0.39 is 5.60 Å². The molecule has 0 aromatic carbocycles. The van der Waals surface area contributed by atoms with Crippen molar-refractivity contribution in [2.24, 2.45) is 0 Å². The lowest BCUT2D eigenvalue weighted by molar-refractivity contribution is -0.0433. The number of aromatic nitrogens is 4. The van der Waals surface area contributed by atoms with Crippen molar-refractivity contribution in [3.63, 3.8) is 0 Å². The lowest BCUT2D eigenvalue weighted by Crippen LogP contribution is -2.46. The molecule has 1 aliphatic heterocycles. The standard InChI is InChI=1S/C16H25N5O2/c1-11(2)21-8-14(18-19-21)16(22)6-5-7-20(10-16)9-15-17-12(3)13(4)23-15/h8,11,22H,5-7,9-10H2,1-4H3/t16-/m0/s1. The van der Waals surface area contributed by atoms with Gasteiger partial charge in [0.15, 0.2) is 0 Å². The predicted molar refractivity (Wildman–Crippen MR) is 84.8 cm³/mol. The monoisotopic (exact) mass is 319 g/mol. The minimum atomic E-state index is -0.956. The van der Waals surface area contributed by atoms with E-state index in [2.05, 4.69) is 20.2 Å². The van der Waals surface area contributed by atoms with Crippen LogP contribution in [0.3, 0.4) is 0 Å². The van der Waals surface area contributed by atoms with Crippen molar-refractivity contribution in [3.05, 3.63) is 29.2 Å². The fourth-order valence-corrected chi connectivity index (χ4v) is 3.01. The van der Waals surface area contributed by atoms with Gasteiger partial charge in [0.25, 0.3) is 0 Å². The van der Waals surface area contributed by atoms with Gasteiger partial charge in [0.2, 0.25) is 5.89 Å². The number of hydrogen-bond acceptors (Lipinski definition) is 6. The van der Waals surface area contributed by atoms with Gasteiger partial charge < -0.3 is 9.52 Å². The molecule has 1 saturated heterocycles. The number of rotatable bonds is 4. The molecule has 0 aliphatic carbocycles. The molecule has 0 bridgehead atoms. The van der Waals surface area contributed by atoms with E-state index in [9.17, 15) is 5.11 Å². The van der Waals surface area contributed by atoms with Crippen LogP contribution in [0.4, 0.5) is 0 Å². The highest BCUT2D eigenvalue weighted by molar-refractivity contribution is 5.10. The Kier molecular flexibility index (Phi) is 4.25. The summed E-state index contributed by atoms with van der Waals surface area (Å²) in [5.41, 5.74) is 0.616. The van der Waals surface area contributed by atoms with Gasteiger partial charge in [-0.3, -0.25) is 4.90 Å². The summed E-state index contributed by atoms with van der Waals surface area (Å²) in [7, 11) is 0. The van der Waals surface area contributed by atoms with Crippen LogP contribution in [-0.4, -0.2) is 43.1 Å². The molecule has 0 radical (unpaired) electrons. The number of oxazole rings is 1. The molecule has 2 aromatic heterocycles. The summed E-state index contributed by atoms with van der Waals surface area (Å²) >= 11 is 0. The first-order valence-electron chi connectivity index (χ1n) is 8.17. The summed E-state index contributed by atoms with van der Waals surface area (Å²) in [6.45, 7) is 9.99. The molecule has 0 unspecified atom stereocenters. The van der Waals surface area contributed by atoms with Gasteiger partial charge in [0, 0.05) is 12.6 Å². The molecule has 2 aromatic rings. The van der Waals surface area contributed by atoms with Gasteiger partial charge in [-0.25, -0.2) is 9.67 Å². The Labute approximate surface area is 136 Å². The summed E-state index contributed by atoms with van der Waals surface area (Å²) in [6, 6.07) is 0.234. The lowest BCUT2D eigenvalue weighted by atomic mass is 9.90. The van der Waals surface area contributed by atoms with Crippen LogP contribution in [0.15, 0.2) is 10.6 Å². The largest absolute Gasteiger partial charge is 0.444 e. The molecular weight excluding hydrogens is 294 g/mol. The van der Waals surface area contributed by atoms with E-state index in [-0.39, 0.29) is 6.04 Å². The molecule has 7 nitrogen and oxygen atoms in total. The van der Waals surface area contributed by atoms with Gasteiger partial charge in [0.05, 0.1) is 18.4 Å². The summed E-state index contributed by atoms with van der Waals surface area (Å²) in [5.74, 6) is 1.56. The van der Waals surface area contributed by atoms with E-state index in [1.807, 2.05) is 33.9 Å².